The Balaban J connectivity index is 2.14. The van der Waals surface area contributed by atoms with Crippen molar-refractivity contribution in [1.29, 1.82) is 0 Å². The lowest BCUT2D eigenvalue weighted by Crippen LogP contribution is -2.12. The zero-order valence-electron chi connectivity index (χ0n) is 12.3. The first kappa shape index (κ1) is 14.9. The molecule has 6 heteroatoms. The van der Waals surface area contributed by atoms with E-state index in [2.05, 4.69) is 4.98 Å². The van der Waals surface area contributed by atoms with Gasteiger partial charge in [-0.15, -0.1) is 0 Å². The van der Waals surface area contributed by atoms with Crippen molar-refractivity contribution >= 4 is 22.9 Å². The summed E-state index contributed by atoms with van der Waals surface area (Å²) >= 11 is 0. The fourth-order valence-electron chi connectivity index (χ4n) is 2.35. The van der Waals surface area contributed by atoms with Gasteiger partial charge in [-0.25, -0.2) is 14.2 Å². The lowest BCUT2D eigenvalue weighted by molar-refractivity contribution is 0.0528. The fourth-order valence-corrected chi connectivity index (χ4v) is 2.35. The minimum Gasteiger partial charge on any atom is -0.462 e. The molecule has 0 saturated heterocycles. The van der Waals surface area contributed by atoms with Gasteiger partial charge in [0.05, 0.1) is 12.2 Å². The number of hydrogen-bond acceptors (Lipinski definition) is 4. The number of fused-ring (bicyclic) bond motifs is 1. The number of benzene rings is 1. The Morgan fingerprint density at radius 1 is 1.26 bits per heavy atom. The van der Waals surface area contributed by atoms with Gasteiger partial charge in [-0.2, -0.15) is 0 Å². The molecule has 0 aliphatic heterocycles. The highest BCUT2D eigenvalue weighted by Gasteiger charge is 2.20. The van der Waals surface area contributed by atoms with Crippen molar-refractivity contribution in [3.05, 3.63) is 65.7 Å². The molecule has 2 aromatic heterocycles. The molecule has 0 aliphatic carbocycles. The summed E-state index contributed by atoms with van der Waals surface area (Å²) in [5, 5.41) is 0.510. The number of hydrogen-bond donors (Lipinski definition) is 0. The zero-order valence-corrected chi connectivity index (χ0v) is 12.3. The molecule has 0 N–H and O–H groups in total. The van der Waals surface area contributed by atoms with Crippen LogP contribution in [0.25, 0.3) is 11.0 Å². The van der Waals surface area contributed by atoms with E-state index >= 15 is 0 Å². The normalized spacial score (nSPS) is 10.7. The van der Waals surface area contributed by atoms with Gasteiger partial charge in [0.1, 0.15) is 11.5 Å². The third-order valence-electron chi connectivity index (χ3n) is 3.35. The summed E-state index contributed by atoms with van der Waals surface area (Å²) in [6.45, 7) is 1.93. The second kappa shape index (κ2) is 6.00. The van der Waals surface area contributed by atoms with Crippen molar-refractivity contribution in [2.24, 2.45) is 0 Å². The molecular weight excluding hydrogens is 299 g/mol. The Morgan fingerprint density at radius 2 is 2.09 bits per heavy atom. The Bertz CT molecular complexity index is 902. The van der Waals surface area contributed by atoms with Crippen LogP contribution in [0.2, 0.25) is 0 Å². The van der Waals surface area contributed by atoms with Crippen LogP contribution >= 0.6 is 0 Å². The van der Waals surface area contributed by atoms with Crippen molar-refractivity contribution in [1.82, 2.24) is 9.55 Å². The highest BCUT2D eigenvalue weighted by atomic mass is 19.1. The largest absolute Gasteiger partial charge is 0.462 e. The quantitative estimate of drug-likeness (QED) is 0.697. The van der Waals surface area contributed by atoms with E-state index in [1.54, 1.807) is 19.1 Å². The van der Waals surface area contributed by atoms with Crippen molar-refractivity contribution in [2.75, 3.05) is 6.61 Å². The molecule has 0 amide bonds. The summed E-state index contributed by atoms with van der Waals surface area (Å²) in [7, 11) is 0. The van der Waals surface area contributed by atoms with E-state index in [0.29, 0.717) is 11.0 Å². The predicted octanol–water partition coefficient (Wildman–Crippen LogP) is 3.04. The van der Waals surface area contributed by atoms with Crippen LogP contribution in [0.1, 0.15) is 27.6 Å². The number of carbonyl (C=O) groups is 2. The van der Waals surface area contributed by atoms with Gasteiger partial charge in [0, 0.05) is 23.3 Å². The first-order chi connectivity index (χ1) is 11.1. The Labute approximate surface area is 131 Å². The van der Waals surface area contributed by atoms with E-state index < -0.39 is 17.7 Å². The van der Waals surface area contributed by atoms with Crippen LogP contribution in [0.4, 0.5) is 4.39 Å². The van der Waals surface area contributed by atoms with Crippen LogP contribution in [0.5, 0.6) is 0 Å². The van der Waals surface area contributed by atoms with Crippen LogP contribution < -0.4 is 0 Å². The molecule has 0 bridgehead atoms. The standard InChI is InChI=1S/C17H13FN2O3/c1-2-23-17(22)14-10-20(15-13(14)7-4-8-19-15)16(21)11-5-3-6-12(18)9-11/h3-10H,2H2,1H3. The number of nitrogens with zero attached hydrogens (tertiary/aromatic N) is 2. The number of ether oxygens (including phenoxy) is 1. The molecule has 23 heavy (non-hydrogen) atoms. The molecule has 2 heterocycles. The maximum absolute atomic E-state index is 13.3. The van der Waals surface area contributed by atoms with E-state index in [4.69, 9.17) is 4.74 Å². The molecule has 3 rings (SSSR count). The molecule has 1 aromatic carbocycles. The summed E-state index contributed by atoms with van der Waals surface area (Å²) in [5.74, 6) is -1.51. The molecule has 0 atom stereocenters. The van der Waals surface area contributed by atoms with Gasteiger partial charge in [-0.3, -0.25) is 9.36 Å². The number of halogens is 1. The van der Waals surface area contributed by atoms with Gasteiger partial charge in [0.2, 0.25) is 0 Å². The molecular formula is C17H13FN2O3. The van der Waals surface area contributed by atoms with E-state index in [0.717, 1.165) is 6.07 Å². The molecule has 3 aromatic rings. The van der Waals surface area contributed by atoms with Gasteiger partial charge >= 0.3 is 5.97 Å². The van der Waals surface area contributed by atoms with E-state index in [1.807, 2.05) is 0 Å². The van der Waals surface area contributed by atoms with E-state index in [-0.39, 0.29) is 17.7 Å². The summed E-state index contributed by atoms with van der Waals surface area (Å²) < 4.78 is 19.6. The van der Waals surface area contributed by atoms with Gasteiger partial charge in [-0.05, 0) is 37.3 Å². The van der Waals surface area contributed by atoms with Crippen molar-refractivity contribution in [2.45, 2.75) is 6.92 Å². The second-order valence-corrected chi connectivity index (χ2v) is 4.82. The van der Waals surface area contributed by atoms with Crippen LogP contribution in [-0.4, -0.2) is 28.0 Å². The smallest absolute Gasteiger partial charge is 0.340 e. The molecule has 0 spiro atoms. The Kier molecular flexibility index (Phi) is 3.89. The summed E-state index contributed by atoms with van der Waals surface area (Å²) in [5.41, 5.74) is 0.743. The molecule has 0 fully saturated rings. The number of rotatable bonds is 3. The minimum absolute atomic E-state index is 0.169. The maximum Gasteiger partial charge on any atom is 0.340 e. The number of esters is 1. The molecule has 0 radical (unpaired) electrons. The first-order valence-electron chi connectivity index (χ1n) is 7.05. The van der Waals surface area contributed by atoms with Crippen LogP contribution in [-0.2, 0) is 4.74 Å². The van der Waals surface area contributed by atoms with Crippen LogP contribution in [0.3, 0.4) is 0 Å². The van der Waals surface area contributed by atoms with Gasteiger partial charge < -0.3 is 4.74 Å². The van der Waals surface area contributed by atoms with Gasteiger partial charge in [0.15, 0.2) is 0 Å². The zero-order chi connectivity index (χ0) is 16.4. The van der Waals surface area contributed by atoms with E-state index in [1.165, 1.54) is 35.2 Å². The summed E-state index contributed by atoms with van der Waals surface area (Å²) in [6.07, 6.45) is 2.90. The summed E-state index contributed by atoms with van der Waals surface area (Å²) in [6, 6.07) is 8.71. The van der Waals surface area contributed by atoms with Crippen molar-refractivity contribution in [3.63, 3.8) is 0 Å². The highest BCUT2D eigenvalue weighted by molar-refractivity contribution is 6.08. The van der Waals surface area contributed by atoms with Gasteiger partial charge in [-0.1, -0.05) is 6.07 Å². The summed E-state index contributed by atoms with van der Waals surface area (Å²) in [4.78, 5) is 28.8. The third-order valence-corrected chi connectivity index (χ3v) is 3.35. The molecule has 0 saturated carbocycles. The number of aromatic nitrogens is 2. The highest BCUT2D eigenvalue weighted by Crippen LogP contribution is 2.21. The lowest BCUT2D eigenvalue weighted by Gasteiger charge is -2.03. The fraction of sp³-hybridized carbons (Fsp3) is 0.118. The maximum atomic E-state index is 13.3. The molecule has 0 unspecified atom stereocenters. The lowest BCUT2D eigenvalue weighted by atomic mass is 10.2. The SMILES string of the molecule is CCOC(=O)c1cn(C(=O)c2cccc(F)c2)c2ncccc12. The number of carbonyl (C=O) groups excluding carboxylic acids is 2. The average molecular weight is 312 g/mol. The molecule has 0 aliphatic rings. The molecule has 5 nitrogen and oxygen atoms in total. The molecule has 116 valence electrons. The first-order valence-corrected chi connectivity index (χ1v) is 7.05. The minimum atomic E-state index is -0.531. The van der Waals surface area contributed by atoms with Crippen LogP contribution in [0, 0.1) is 5.82 Å². The van der Waals surface area contributed by atoms with Crippen LogP contribution in [0.15, 0.2) is 48.8 Å². The average Bonchev–Trinajstić information content (AvgIpc) is 2.94. The van der Waals surface area contributed by atoms with Crippen molar-refractivity contribution in [3.8, 4) is 0 Å². The number of pyridine rings is 1. The van der Waals surface area contributed by atoms with E-state index in [9.17, 15) is 14.0 Å². The second-order valence-electron chi connectivity index (χ2n) is 4.82. The third kappa shape index (κ3) is 2.70. The van der Waals surface area contributed by atoms with Gasteiger partial charge in [0.25, 0.3) is 5.91 Å². The predicted molar refractivity (Wildman–Crippen MR) is 81.8 cm³/mol. The van der Waals surface area contributed by atoms with Crippen molar-refractivity contribution < 1.29 is 18.7 Å². The Hall–Kier alpha value is -3.02. The Morgan fingerprint density at radius 3 is 2.83 bits per heavy atom. The topological polar surface area (TPSA) is 61.2 Å². The monoisotopic (exact) mass is 312 g/mol.